The fourth-order valence-corrected chi connectivity index (χ4v) is 2.06. The van der Waals surface area contributed by atoms with Crippen LogP contribution in [0.1, 0.15) is 25.7 Å². The second kappa shape index (κ2) is 4.45. The molecule has 15 heavy (non-hydrogen) atoms. The molecule has 1 aromatic heterocycles. The summed E-state index contributed by atoms with van der Waals surface area (Å²) in [5, 5.41) is 13.1. The van der Waals surface area contributed by atoms with Gasteiger partial charge in [0.05, 0.1) is 10.1 Å². The first-order chi connectivity index (χ1) is 7.18. The minimum absolute atomic E-state index is 0.536. The maximum Gasteiger partial charge on any atom is 0.222 e. The minimum Gasteiger partial charge on any atom is -0.388 e. The monoisotopic (exact) mass is 271 g/mol. The lowest BCUT2D eigenvalue weighted by Gasteiger charge is -2.22. The van der Waals surface area contributed by atoms with Gasteiger partial charge in [-0.05, 0) is 28.8 Å². The molecule has 0 aliphatic heterocycles. The maximum atomic E-state index is 10.1. The Labute approximate surface area is 97.3 Å². The molecule has 82 valence electrons. The van der Waals surface area contributed by atoms with Crippen LogP contribution in [0.4, 0.5) is 5.95 Å². The lowest BCUT2D eigenvalue weighted by atomic mass is 10.0. The highest BCUT2D eigenvalue weighted by atomic mass is 79.9. The van der Waals surface area contributed by atoms with Crippen LogP contribution in [0.25, 0.3) is 0 Å². The Morgan fingerprint density at radius 1 is 1.33 bits per heavy atom. The number of rotatable bonds is 3. The molecule has 2 rings (SSSR count). The third-order valence-corrected chi connectivity index (χ3v) is 3.14. The Morgan fingerprint density at radius 3 is 2.53 bits per heavy atom. The van der Waals surface area contributed by atoms with Gasteiger partial charge in [-0.3, -0.25) is 0 Å². The SMILES string of the molecule is OC1(CNc2ncc(Br)cn2)CCCC1. The molecule has 1 saturated carbocycles. The smallest absolute Gasteiger partial charge is 0.222 e. The summed E-state index contributed by atoms with van der Waals surface area (Å²) in [6.07, 6.45) is 7.34. The number of nitrogens with zero attached hydrogens (tertiary/aromatic N) is 2. The maximum absolute atomic E-state index is 10.1. The van der Waals surface area contributed by atoms with E-state index in [2.05, 4.69) is 31.2 Å². The van der Waals surface area contributed by atoms with Crippen molar-refractivity contribution >= 4 is 21.9 Å². The summed E-state index contributed by atoms with van der Waals surface area (Å²) in [6.45, 7) is 0.536. The minimum atomic E-state index is -0.559. The van der Waals surface area contributed by atoms with E-state index in [1.165, 1.54) is 0 Å². The Morgan fingerprint density at radius 2 is 1.93 bits per heavy atom. The van der Waals surface area contributed by atoms with Gasteiger partial charge in [0.1, 0.15) is 0 Å². The van der Waals surface area contributed by atoms with Crippen molar-refractivity contribution in [1.29, 1.82) is 0 Å². The van der Waals surface area contributed by atoms with Crippen LogP contribution in [-0.2, 0) is 0 Å². The van der Waals surface area contributed by atoms with E-state index in [0.717, 1.165) is 30.2 Å². The van der Waals surface area contributed by atoms with Crippen LogP contribution in [0.5, 0.6) is 0 Å². The second-order valence-corrected chi connectivity index (χ2v) is 4.93. The average Bonchev–Trinajstić information content (AvgIpc) is 2.65. The molecule has 4 nitrogen and oxygen atoms in total. The zero-order valence-corrected chi connectivity index (χ0v) is 10.00. The predicted octanol–water partition coefficient (Wildman–Crippen LogP) is 1.96. The lowest BCUT2D eigenvalue weighted by Crippen LogP contribution is -2.33. The van der Waals surface area contributed by atoms with Crippen LogP contribution in [0.2, 0.25) is 0 Å². The molecule has 1 fully saturated rings. The molecule has 0 aromatic carbocycles. The van der Waals surface area contributed by atoms with Gasteiger partial charge < -0.3 is 10.4 Å². The quantitative estimate of drug-likeness (QED) is 0.883. The lowest BCUT2D eigenvalue weighted by molar-refractivity contribution is 0.0613. The van der Waals surface area contributed by atoms with Crippen molar-refractivity contribution in [2.24, 2.45) is 0 Å². The molecule has 0 bridgehead atoms. The van der Waals surface area contributed by atoms with Crippen LogP contribution in [0.15, 0.2) is 16.9 Å². The molecule has 0 radical (unpaired) electrons. The van der Waals surface area contributed by atoms with Gasteiger partial charge in [-0.1, -0.05) is 12.8 Å². The van der Waals surface area contributed by atoms with E-state index < -0.39 is 5.60 Å². The summed E-state index contributed by atoms with van der Waals surface area (Å²) in [6, 6.07) is 0. The molecule has 0 unspecified atom stereocenters. The second-order valence-electron chi connectivity index (χ2n) is 4.01. The van der Waals surface area contributed by atoms with Crippen LogP contribution in [-0.4, -0.2) is 27.2 Å². The van der Waals surface area contributed by atoms with Gasteiger partial charge in [0.2, 0.25) is 5.95 Å². The third kappa shape index (κ3) is 2.89. The van der Waals surface area contributed by atoms with Crippen molar-refractivity contribution in [1.82, 2.24) is 9.97 Å². The van der Waals surface area contributed by atoms with Gasteiger partial charge in [0.25, 0.3) is 0 Å². The van der Waals surface area contributed by atoms with Crippen molar-refractivity contribution in [3.8, 4) is 0 Å². The zero-order valence-electron chi connectivity index (χ0n) is 8.41. The van der Waals surface area contributed by atoms with Gasteiger partial charge in [0, 0.05) is 18.9 Å². The molecule has 0 spiro atoms. The molecule has 0 atom stereocenters. The topological polar surface area (TPSA) is 58.0 Å². The van der Waals surface area contributed by atoms with E-state index in [4.69, 9.17) is 0 Å². The van der Waals surface area contributed by atoms with Crippen molar-refractivity contribution in [2.75, 3.05) is 11.9 Å². The normalized spacial score (nSPS) is 19.1. The first-order valence-corrected chi connectivity index (χ1v) is 5.91. The van der Waals surface area contributed by atoms with Gasteiger partial charge in [-0.2, -0.15) is 0 Å². The Balaban J connectivity index is 1.90. The van der Waals surface area contributed by atoms with Crippen molar-refractivity contribution in [3.05, 3.63) is 16.9 Å². The summed E-state index contributed by atoms with van der Waals surface area (Å²) >= 11 is 3.27. The highest BCUT2D eigenvalue weighted by molar-refractivity contribution is 9.10. The Bertz CT molecular complexity index is 322. The van der Waals surface area contributed by atoms with Gasteiger partial charge in [-0.15, -0.1) is 0 Å². The summed E-state index contributed by atoms with van der Waals surface area (Å²) in [7, 11) is 0. The van der Waals surface area contributed by atoms with Gasteiger partial charge >= 0.3 is 0 Å². The molecular weight excluding hydrogens is 258 g/mol. The molecule has 1 heterocycles. The summed E-state index contributed by atoms with van der Waals surface area (Å²) < 4.78 is 0.854. The average molecular weight is 272 g/mol. The number of aromatic nitrogens is 2. The highest BCUT2D eigenvalue weighted by Gasteiger charge is 2.30. The van der Waals surface area contributed by atoms with Crippen molar-refractivity contribution < 1.29 is 5.11 Å². The van der Waals surface area contributed by atoms with E-state index in [9.17, 15) is 5.11 Å². The summed E-state index contributed by atoms with van der Waals surface area (Å²) in [5.74, 6) is 0.568. The zero-order chi connectivity index (χ0) is 10.7. The fourth-order valence-electron chi connectivity index (χ4n) is 1.86. The third-order valence-electron chi connectivity index (χ3n) is 2.73. The number of halogens is 1. The molecule has 1 aromatic rings. The molecule has 1 aliphatic rings. The highest BCUT2D eigenvalue weighted by Crippen LogP contribution is 2.29. The van der Waals surface area contributed by atoms with E-state index >= 15 is 0 Å². The fraction of sp³-hybridized carbons (Fsp3) is 0.600. The van der Waals surface area contributed by atoms with Crippen molar-refractivity contribution in [3.63, 3.8) is 0 Å². The van der Waals surface area contributed by atoms with E-state index in [1.807, 2.05) is 0 Å². The Kier molecular flexibility index (Phi) is 3.21. The first-order valence-electron chi connectivity index (χ1n) is 5.12. The molecule has 0 amide bonds. The Hall–Kier alpha value is -0.680. The standard InChI is InChI=1S/C10H14BrN3O/c11-8-5-12-9(13-6-8)14-7-10(15)3-1-2-4-10/h5-6,15H,1-4,7H2,(H,12,13,14). The molecule has 1 aliphatic carbocycles. The predicted molar refractivity (Wildman–Crippen MR) is 61.6 cm³/mol. The summed E-state index contributed by atoms with van der Waals surface area (Å²) in [4.78, 5) is 8.18. The van der Waals surface area contributed by atoms with E-state index in [0.29, 0.717) is 12.5 Å². The number of aliphatic hydroxyl groups is 1. The van der Waals surface area contributed by atoms with Crippen LogP contribution >= 0.6 is 15.9 Å². The molecule has 5 heteroatoms. The van der Waals surface area contributed by atoms with E-state index in [-0.39, 0.29) is 0 Å². The largest absolute Gasteiger partial charge is 0.388 e. The van der Waals surface area contributed by atoms with Crippen molar-refractivity contribution in [2.45, 2.75) is 31.3 Å². The number of hydrogen-bond donors (Lipinski definition) is 2. The molecule has 0 saturated heterocycles. The van der Waals surface area contributed by atoms with E-state index in [1.54, 1.807) is 12.4 Å². The van der Waals surface area contributed by atoms with Gasteiger partial charge in [0.15, 0.2) is 0 Å². The van der Waals surface area contributed by atoms with Crippen LogP contribution in [0.3, 0.4) is 0 Å². The van der Waals surface area contributed by atoms with Gasteiger partial charge in [-0.25, -0.2) is 9.97 Å². The number of hydrogen-bond acceptors (Lipinski definition) is 4. The van der Waals surface area contributed by atoms with Crippen LogP contribution < -0.4 is 5.32 Å². The summed E-state index contributed by atoms with van der Waals surface area (Å²) in [5.41, 5.74) is -0.559. The first kappa shape index (κ1) is 10.8. The number of nitrogens with one attached hydrogen (secondary N) is 1. The number of anilines is 1. The molecule has 2 N–H and O–H groups in total. The van der Waals surface area contributed by atoms with Crippen LogP contribution in [0, 0.1) is 0 Å². The molecular formula is C10H14BrN3O.